The lowest BCUT2D eigenvalue weighted by molar-refractivity contribution is -0.132. The highest BCUT2D eigenvalue weighted by Gasteiger charge is 2.17. The van der Waals surface area contributed by atoms with Crippen molar-refractivity contribution in [1.29, 1.82) is 0 Å². The number of nitrogens with zero attached hydrogens (tertiary/aromatic N) is 1. The number of hydrogen-bond acceptors (Lipinski definition) is 3. The number of carbonyl (C=O) groups is 1. The molecular formula is C12H15NO3. The van der Waals surface area contributed by atoms with E-state index in [1.165, 1.54) is 6.07 Å². The largest absolute Gasteiger partial charge is 0.508 e. The minimum Gasteiger partial charge on any atom is -0.508 e. The van der Waals surface area contributed by atoms with Gasteiger partial charge in [-0.2, -0.15) is 0 Å². The van der Waals surface area contributed by atoms with E-state index >= 15 is 0 Å². The number of aromatic hydroxyl groups is 1. The highest BCUT2D eigenvalue weighted by Crippen LogP contribution is 2.17. The Morgan fingerprint density at radius 3 is 2.81 bits per heavy atom. The monoisotopic (exact) mass is 221 g/mol. The zero-order valence-electron chi connectivity index (χ0n) is 9.06. The predicted molar refractivity (Wildman–Crippen MR) is 59.4 cm³/mol. The van der Waals surface area contributed by atoms with E-state index < -0.39 is 0 Å². The number of hydrogen-bond donors (Lipinski definition) is 1. The first-order chi connectivity index (χ1) is 7.75. The molecule has 0 atom stereocenters. The van der Waals surface area contributed by atoms with Gasteiger partial charge in [0.05, 0.1) is 0 Å². The molecule has 0 radical (unpaired) electrons. The smallest absolute Gasteiger partial charge is 0.260 e. The predicted octanol–water partition coefficient (Wildman–Crippen LogP) is 1.39. The number of ether oxygens (including phenoxy) is 1. The van der Waals surface area contributed by atoms with E-state index in [4.69, 9.17) is 4.74 Å². The van der Waals surface area contributed by atoms with E-state index in [0.29, 0.717) is 5.75 Å². The van der Waals surface area contributed by atoms with Crippen LogP contribution in [0.4, 0.5) is 0 Å². The summed E-state index contributed by atoms with van der Waals surface area (Å²) in [6.45, 7) is 1.72. The van der Waals surface area contributed by atoms with Crippen molar-refractivity contribution in [2.24, 2.45) is 0 Å². The van der Waals surface area contributed by atoms with E-state index in [2.05, 4.69) is 0 Å². The van der Waals surface area contributed by atoms with Gasteiger partial charge in [-0.25, -0.2) is 0 Å². The van der Waals surface area contributed by atoms with Crippen LogP contribution >= 0.6 is 0 Å². The fraction of sp³-hybridized carbons (Fsp3) is 0.417. The second-order valence-electron chi connectivity index (χ2n) is 3.87. The van der Waals surface area contributed by atoms with Gasteiger partial charge >= 0.3 is 0 Å². The van der Waals surface area contributed by atoms with Gasteiger partial charge in [-0.15, -0.1) is 0 Å². The second kappa shape index (κ2) is 4.88. The summed E-state index contributed by atoms with van der Waals surface area (Å²) in [6.07, 6.45) is 2.16. The Kier molecular flexibility index (Phi) is 3.29. The summed E-state index contributed by atoms with van der Waals surface area (Å²) in [6, 6.07) is 6.47. The molecule has 0 spiro atoms. The molecule has 16 heavy (non-hydrogen) atoms. The Balaban J connectivity index is 1.84. The number of amides is 1. The first-order valence-corrected chi connectivity index (χ1v) is 5.45. The molecular weight excluding hydrogens is 206 g/mol. The second-order valence-corrected chi connectivity index (χ2v) is 3.87. The van der Waals surface area contributed by atoms with Crippen LogP contribution in [0.5, 0.6) is 11.5 Å². The third kappa shape index (κ3) is 2.66. The summed E-state index contributed by atoms with van der Waals surface area (Å²) in [5.74, 6) is 0.680. The molecule has 0 aromatic heterocycles. The van der Waals surface area contributed by atoms with Crippen molar-refractivity contribution in [3.05, 3.63) is 24.3 Å². The van der Waals surface area contributed by atoms with Gasteiger partial charge < -0.3 is 14.7 Å². The molecule has 1 aliphatic rings. The summed E-state index contributed by atoms with van der Waals surface area (Å²) in [5, 5.41) is 9.21. The van der Waals surface area contributed by atoms with Crippen LogP contribution in [0.15, 0.2) is 24.3 Å². The van der Waals surface area contributed by atoms with Crippen LogP contribution < -0.4 is 4.74 Å². The lowest BCUT2D eigenvalue weighted by Crippen LogP contribution is -2.32. The van der Waals surface area contributed by atoms with Crippen molar-refractivity contribution in [2.75, 3.05) is 19.7 Å². The number of rotatable bonds is 3. The van der Waals surface area contributed by atoms with Gasteiger partial charge in [0, 0.05) is 19.2 Å². The number of carbonyl (C=O) groups excluding carboxylic acids is 1. The lowest BCUT2D eigenvalue weighted by Gasteiger charge is -2.15. The van der Waals surface area contributed by atoms with Crippen LogP contribution in [0.1, 0.15) is 12.8 Å². The third-order valence-corrected chi connectivity index (χ3v) is 2.64. The first kappa shape index (κ1) is 10.8. The molecule has 4 nitrogen and oxygen atoms in total. The molecule has 0 aliphatic carbocycles. The topological polar surface area (TPSA) is 49.8 Å². The average Bonchev–Trinajstić information content (AvgIpc) is 2.79. The summed E-state index contributed by atoms with van der Waals surface area (Å²) < 4.78 is 5.31. The number of phenols is 1. The minimum atomic E-state index is 0.0147. The Bertz CT molecular complexity index is 372. The van der Waals surface area contributed by atoms with Gasteiger partial charge in [-0.1, -0.05) is 6.07 Å². The standard InChI is InChI=1S/C12H15NO3/c14-10-4-3-5-11(8-10)16-9-12(15)13-6-1-2-7-13/h3-5,8,14H,1-2,6-7,9H2. The van der Waals surface area contributed by atoms with E-state index in [0.717, 1.165) is 25.9 Å². The number of likely N-dealkylation sites (tertiary alicyclic amines) is 1. The van der Waals surface area contributed by atoms with Gasteiger partial charge in [-0.3, -0.25) is 4.79 Å². The minimum absolute atomic E-state index is 0.0147. The first-order valence-electron chi connectivity index (χ1n) is 5.45. The quantitative estimate of drug-likeness (QED) is 0.839. The van der Waals surface area contributed by atoms with Crippen molar-refractivity contribution >= 4 is 5.91 Å². The van der Waals surface area contributed by atoms with Gasteiger partial charge in [0.1, 0.15) is 11.5 Å². The molecule has 1 saturated heterocycles. The molecule has 86 valence electrons. The highest BCUT2D eigenvalue weighted by atomic mass is 16.5. The molecule has 1 aliphatic heterocycles. The Morgan fingerprint density at radius 2 is 2.12 bits per heavy atom. The van der Waals surface area contributed by atoms with E-state index in [9.17, 15) is 9.90 Å². The third-order valence-electron chi connectivity index (χ3n) is 2.64. The van der Waals surface area contributed by atoms with Crippen molar-refractivity contribution in [3.8, 4) is 11.5 Å². The van der Waals surface area contributed by atoms with Crippen LogP contribution in [-0.4, -0.2) is 35.6 Å². The summed E-state index contributed by atoms with van der Waals surface area (Å²) >= 11 is 0. The van der Waals surface area contributed by atoms with E-state index in [1.54, 1.807) is 18.2 Å². The van der Waals surface area contributed by atoms with Crippen molar-refractivity contribution in [3.63, 3.8) is 0 Å². The molecule has 4 heteroatoms. The van der Waals surface area contributed by atoms with Gasteiger partial charge in [0.2, 0.25) is 0 Å². The molecule has 1 amide bonds. The number of phenolic OH excluding ortho intramolecular Hbond substituents is 1. The average molecular weight is 221 g/mol. The van der Waals surface area contributed by atoms with Gasteiger partial charge in [0.25, 0.3) is 5.91 Å². The maximum Gasteiger partial charge on any atom is 0.260 e. The van der Waals surface area contributed by atoms with Crippen LogP contribution in [0.25, 0.3) is 0 Å². The molecule has 1 aromatic carbocycles. The molecule has 0 unspecified atom stereocenters. The molecule has 0 saturated carbocycles. The molecule has 1 heterocycles. The maximum absolute atomic E-state index is 11.6. The van der Waals surface area contributed by atoms with Crippen LogP contribution in [0.2, 0.25) is 0 Å². The fourth-order valence-corrected chi connectivity index (χ4v) is 1.78. The van der Waals surface area contributed by atoms with E-state index in [-0.39, 0.29) is 18.3 Å². The molecule has 0 bridgehead atoms. The zero-order chi connectivity index (χ0) is 11.4. The Morgan fingerprint density at radius 1 is 1.38 bits per heavy atom. The molecule has 1 N–H and O–H groups in total. The Hall–Kier alpha value is -1.71. The molecule has 1 aromatic rings. The van der Waals surface area contributed by atoms with Crippen LogP contribution in [0, 0.1) is 0 Å². The summed E-state index contributed by atoms with van der Waals surface area (Å²) in [7, 11) is 0. The summed E-state index contributed by atoms with van der Waals surface area (Å²) in [4.78, 5) is 13.5. The van der Waals surface area contributed by atoms with E-state index in [1.807, 2.05) is 4.90 Å². The van der Waals surface area contributed by atoms with Crippen molar-refractivity contribution in [1.82, 2.24) is 4.90 Å². The zero-order valence-corrected chi connectivity index (χ0v) is 9.06. The molecule has 2 rings (SSSR count). The maximum atomic E-state index is 11.6. The van der Waals surface area contributed by atoms with Gasteiger partial charge in [-0.05, 0) is 25.0 Å². The number of benzene rings is 1. The normalized spacial score (nSPS) is 15.1. The summed E-state index contributed by atoms with van der Waals surface area (Å²) in [5.41, 5.74) is 0. The SMILES string of the molecule is O=C(COc1cccc(O)c1)N1CCCC1. The van der Waals surface area contributed by atoms with Crippen LogP contribution in [-0.2, 0) is 4.79 Å². The van der Waals surface area contributed by atoms with Crippen molar-refractivity contribution < 1.29 is 14.6 Å². The fourth-order valence-electron chi connectivity index (χ4n) is 1.78. The Labute approximate surface area is 94.4 Å². The highest BCUT2D eigenvalue weighted by molar-refractivity contribution is 5.78. The van der Waals surface area contributed by atoms with Gasteiger partial charge in [0.15, 0.2) is 6.61 Å². The molecule has 1 fully saturated rings. The van der Waals surface area contributed by atoms with Crippen molar-refractivity contribution in [2.45, 2.75) is 12.8 Å². The van der Waals surface area contributed by atoms with Crippen LogP contribution in [0.3, 0.4) is 0 Å². The lowest BCUT2D eigenvalue weighted by atomic mass is 10.3.